The van der Waals surface area contributed by atoms with Gasteiger partial charge < -0.3 is 10.1 Å². The molecule has 7 heteroatoms. The van der Waals surface area contributed by atoms with Crippen LogP contribution in [0.3, 0.4) is 0 Å². The fourth-order valence-corrected chi connectivity index (χ4v) is 4.59. The van der Waals surface area contributed by atoms with Gasteiger partial charge in [-0.2, -0.15) is 12.7 Å². The zero-order valence-corrected chi connectivity index (χ0v) is 14.0. The van der Waals surface area contributed by atoms with E-state index in [9.17, 15) is 8.42 Å². The van der Waals surface area contributed by atoms with Gasteiger partial charge in [-0.25, -0.2) is 4.72 Å². The van der Waals surface area contributed by atoms with Crippen LogP contribution in [0.5, 0.6) is 0 Å². The van der Waals surface area contributed by atoms with Crippen LogP contribution in [-0.2, 0) is 14.9 Å². The van der Waals surface area contributed by atoms with Crippen molar-refractivity contribution in [2.24, 2.45) is 11.3 Å². The van der Waals surface area contributed by atoms with Crippen LogP contribution in [0.1, 0.15) is 32.6 Å². The SMILES string of the molecule is CNCC1CCCN(S(=O)(=O)NCC2(C)CCOCC2)C1. The Morgan fingerprint density at radius 3 is 2.71 bits per heavy atom. The number of nitrogens with one attached hydrogen (secondary N) is 2. The second kappa shape index (κ2) is 7.37. The molecule has 2 rings (SSSR count). The summed E-state index contributed by atoms with van der Waals surface area (Å²) in [5.41, 5.74) is 0.0193. The van der Waals surface area contributed by atoms with Crippen molar-refractivity contribution in [2.75, 3.05) is 46.4 Å². The molecule has 21 heavy (non-hydrogen) atoms. The normalized spacial score (nSPS) is 27.6. The van der Waals surface area contributed by atoms with Crippen LogP contribution in [0.4, 0.5) is 0 Å². The highest BCUT2D eigenvalue weighted by molar-refractivity contribution is 7.87. The molecule has 2 N–H and O–H groups in total. The van der Waals surface area contributed by atoms with E-state index in [1.165, 1.54) is 0 Å². The lowest BCUT2D eigenvalue weighted by molar-refractivity contribution is 0.0262. The maximum absolute atomic E-state index is 12.5. The molecule has 0 amide bonds. The molecule has 2 fully saturated rings. The Bertz CT molecular complexity index is 419. The van der Waals surface area contributed by atoms with Crippen molar-refractivity contribution in [3.05, 3.63) is 0 Å². The monoisotopic (exact) mass is 319 g/mol. The number of ether oxygens (including phenoxy) is 1. The van der Waals surface area contributed by atoms with Gasteiger partial charge in [-0.1, -0.05) is 6.92 Å². The molecular formula is C14H29N3O3S. The van der Waals surface area contributed by atoms with E-state index in [0.717, 1.165) is 45.4 Å². The van der Waals surface area contributed by atoms with Crippen molar-refractivity contribution in [3.8, 4) is 0 Å². The standard InChI is InChI=1S/C14H29N3O3S/c1-14(5-8-20-9-6-14)12-16-21(18,19)17-7-3-4-13(11-17)10-15-2/h13,15-16H,3-12H2,1-2H3. The first-order valence-electron chi connectivity index (χ1n) is 7.92. The number of hydrogen-bond donors (Lipinski definition) is 2. The lowest BCUT2D eigenvalue weighted by atomic mass is 9.83. The largest absolute Gasteiger partial charge is 0.381 e. The summed E-state index contributed by atoms with van der Waals surface area (Å²) in [7, 11) is -1.44. The summed E-state index contributed by atoms with van der Waals surface area (Å²) >= 11 is 0. The molecular weight excluding hydrogens is 290 g/mol. The lowest BCUT2D eigenvalue weighted by Gasteiger charge is -2.36. The lowest BCUT2D eigenvalue weighted by Crippen LogP contribution is -2.50. The molecule has 1 atom stereocenters. The molecule has 2 heterocycles. The molecule has 0 aromatic rings. The third kappa shape index (κ3) is 4.89. The third-order valence-corrected chi connectivity index (χ3v) is 6.22. The van der Waals surface area contributed by atoms with Crippen LogP contribution in [0, 0.1) is 11.3 Å². The Hall–Kier alpha value is -0.210. The molecule has 0 aliphatic carbocycles. The number of hydrogen-bond acceptors (Lipinski definition) is 4. The second-order valence-corrected chi connectivity index (χ2v) is 8.43. The Kier molecular flexibility index (Phi) is 6.02. The van der Waals surface area contributed by atoms with Crippen LogP contribution < -0.4 is 10.0 Å². The number of nitrogens with zero attached hydrogens (tertiary/aromatic N) is 1. The molecule has 0 radical (unpaired) electrons. The summed E-state index contributed by atoms with van der Waals surface area (Å²) in [6.45, 7) is 6.23. The Morgan fingerprint density at radius 1 is 1.33 bits per heavy atom. The topological polar surface area (TPSA) is 70.7 Å². The molecule has 2 saturated heterocycles. The average Bonchev–Trinajstić information content (AvgIpc) is 2.47. The fourth-order valence-electron chi connectivity index (χ4n) is 3.10. The van der Waals surface area contributed by atoms with E-state index in [1.54, 1.807) is 4.31 Å². The predicted molar refractivity (Wildman–Crippen MR) is 83.3 cm³/mol. The van der Waals surface area contributed by atoms with Gasteiger partial charge in [0.15, 0.2) is 0 Å². The highest BCUT2D eigenvalue weighted by Gasteiger charge is 2.32. The summed E-state index contributed by atoms with van der Waals surface area (Å²) in [6.07, 6.45) is 3.87. The average molecular weight is 319 g/mol. The van der Waals surface area contributed by atoms with Gasteiger partial charge in [-0.15, -0.1) is 0 Å². The summed E-state index contributed by atoms with van der Waals surface area (Å²) < 4.78 is 34.8. The van der Waals surface area contributed by atoms with Crippen LogP contribution in [-0.4, -0.2) is 59.2 Å². The van der Waals surface area contributed by atoms with Gasteiger partial charge in [0, 0.05) is 32.8 Å². The molecule has 0 bridgehead atoms. The highest BCUT2D eigenvalue weighted by atomic mass is 32.2. The minimum atomic E-state index is -3.36. The Balaban J connectivity index is 1.88. The van der Waals surface area contributed by atoms with E-state index in [2.05, 4.69) is 17.0 Å². The fraction of sp³-hybridized carbons (Fsp3) is 1.00. The zero-order valence-electron chi connectivity index (χ0n) is 13.2. The maximum Gasteiger partial charge on any atom is 0.279 e. The van der Waals surface area contributed by atoms with Crippen molar-refractivity contribution in [3.63, 3.8) is 0 Å². The molecule has 0 aromatic heterocycles. The second-order valence-electron chi connectivity index (χ2n) is 6.67. The first-order chi connectivity index (χ1) is 9.95. The number of rotatable bonds is 6. The summed E-state index contributed by atoms with van der Waals surface area (Å²) in [6, 6.07) is 0. The molecule has 124 valence electrons. The molecule has 0 aromatic carbocycles. The zero-order chi connectivity index (χ0) is 15.3. The third-order valence-electron chi connectivity index (χ3n) is 4.70. The van der Waals surface area contributed by atoms with Gasteiger partial charge in [-0.3, -0.25) is 0 Å². The van der Waals surface area contributed by atoms with Gasteiger partial charge >= 0.3 is 0 Å². The Labute approximate surface area is 128 Å². The Morgan fingerprint density at radius 2 is 2.05 bits per heavy atom. The summed E-state index contributed by atoms with van der Waals surface area (Å²) in [5.74, 6) is 0.416. The molecule has 2 aliphatic heterocycles. The van der Waals surface area contributed by atoms with Crippen molar-refractivity contribution in [1.82, 2.24) is 14.3 Å². The highest BCUT2D eigenvalue weighted by Crippen LogP contribution is 2.29. The molecule has 0 saturated carbocycles. The van der Waals surface area contributed by atoms with E-state index in [1.807, 2.05) is 7.05 Å². The van der Waals surface area contributed by atoms with Crippen LogP contribution in [0.2, 0.25) is 0 Å². The maximum atomic E-state index is 12.5. The van der Waals surface area contributed by atoms with Gasteiger partial charge in [-0.05, 0) is 50.6 Å². The first kappa shape index (κ1) is 17.1. The number of piperidine rings is 1. The van der Waals surface area contributed by atoms with E-state index in [4.69, 9.17) is 4.74 Å². The van der Waals surface area contributed by atoms with Gasteiger partial charge in [0.1, 0.15) is 0 Å². The summed E-state index contributed by atoms with van der Waals surface area (Å²) in [5, 5.41) is 3.14. The van der Waals surface area contributed by atoms with Crippen molar-refractivity contribution < 1.29 is 13.2 Å². The van der Waals surface area contributed by atoms with Crippen molar-refractivity contribution >= 4 is 10.2 Å². The first-order valence-corrected chi connectivity index (χ1v) is 9.36. The van der Waals surface area contributed by atoms with Crippen LogP contribution in [0.25, 0.3) is 0 Å². The minimum Gasteiger partial charge on any atom is -0.381 e. The van der Waals surface area contributed by atoms with Crippen molar-refractivity contribution in [2.45, 2.75) is 32.6 Å². The van der Waals surface area contributed by atoms with Gasteiger partial charge in [0.25, 0.3) is 10.2 Å². The van der Waals surface area contributed by atoms with Crippen LogP contribution >= 0.6 is 0 Å². The molecule has 0 spiro atoms. The van der Waals surface area contributed by atoms with E-state index >= 15 is 0 Å². The van der Waals surface area contributed by atoms with E-state index in [-0.39, 0.29) is 5.41 Å². The van der Waals surface area contributed by atoms with E-state index < -0.39 is 10.2 Å². The minimum absolute atomic E-state index is 0.0193. The predicted octanol–water partition coefficient (Wildman–Crippen LogP) is 0.569. The molecule has 1 unspecified atom stereocenters. The van der Waals surface area contributed by atoms with Crippen LogP contribution in [0.15, 0.2) is 0 Å². The smallest absolute Gasteiger partial charge is 0.279 e. The molecule has 2 aliphatic rings. The quantitative estimate of drug-likeness (QED) is 0.751. The van der Waals surface area contributed by atoms with Crippen molar-refractivity contribution in [1.29, 1.82) is 0 Å². The van der Waals surface area contributed by atoms with Gasteiger partial charge in [0.05, 0.1) is 0 Å². The molecule has 6 nitrogen and oxygen atoms in total. The van der Waals surface area contributed by atoms with Gasteiger partial charge in [0.2, 0.25) is 0 Å². The van der Waals surface area contributed by atoms with E-state index in [0.29, 0.717) is 25.6 Å². The summed E-state index contributed by atoms with van der Waals surface area (Å²) in [4.78, 5) is 0.